The van der Waals surface area contributed by atoms with E-state index < -0.39 is 0 Å². The van der Waals surface area contributed by atoms with Gasteiger partial charge in [0.1, 0.15) is 11.2 Å². The van der Waals surface area contributed by atoms with Gasteiger partial charge in [0.05, 0.1) is 16.7 Å². The van der Waals surface area contributed by atoms with Crippen LogP contribution in [0.3, 0.4) is 0 Å². The third-order valence-electron chi connectivity index (χ3n) is 10.7. The third-order valence-corrected chi connectivity index (χ3v) is 10.7. The maximum Gasteiger partial charge on any atom is 0.235 e. The Kier molecular flexibility index (Phi) is 6.61. The second-order valence-electron chi connectivity index (χ2n) is 13.7. The second kappa shape index (κ2) is 11.8. The normalized spacial score (nSPS) is 12.9. The number of fused-ring (bicyclic) bond motifs is 9. The Morgan fingerprint density at radius 2 is 1.23 bits per heavy atom. The van der Waals surface area contributed by atoms with E-state index in [4.69, 9.17) is 14.4 Å². The molecule has 250 valence electrons. The Hall–Kier alpha value is -6.98. The maximum atomic E-state index is 6.55. The molecule has 0 radical (unpaired) electrons. The van der Waals surface area contributed by atoms with Crippen LogP contribution in [0.4, 0.5) is 11.4 Å². The molecule has 1 aliphatic rings. The average molecular weight is 681 g/mol. The predicted octanol–water partition coefficient (Wildman–Crippen LogP) is 12.4. The standard InChI is InChI=1S/C48H32N4O/c1-3-15-32(16-4-1)51(33-17-5-2-6-18-33)34-27-29-42-40(30-34)45-35-19-8-7-14-31(35)26-28-43(45)52(42)48-49-41-24-11-9-21-38(41)46(50-48)39-23-13-22-37-36-20-10-12-25-44(36)53-47(37)39/h1-26,28,30H,27,29H2. The van der Waals surface area contributed by atoms with Gasteiger partial charge in [0.25, 0.3) is 0 Å². The Bertz CT molecular complexity index is 3030. The Morgan fingerprint density at radius 3 is 2.04 bits per heavy atom. The van der Waals surface area contributed by atoms with Gasteiger partial charge >= 0.3 is 0 Å². The monoisotopic (exact) mass is 680 g/mol. The Balaban J connectivity index is 1.19. The van der Waals surface area contributed by atoms with Crippen LogP contribution in [0.15, 0.2) is 174 Å². The SMILES string of the molecule is C1=C(N(c2ccccc2)c2ccccc2)CCc2c1c1c3ccccc3ccc1n2-c1nc(-c2cccc3c2oc2ccccc23)c2ccccc2n1. The summed E-state index contributed by atoms with van der Waals surface area (Å²) in [5.41, 5.74) is 11.5. The minimum atomic E-state index is 0.660. The summed E-state index contributed by atoms with van der Waals surface area (Å²) in [5, 5.41) is 6.81. The predicted molar refractivity (Wildman–Crippen MR) is 218 cm³/mol. The molecule has 0 spiro atoms. The quantitative estimate of drug-likeness (QED) is 0.182. The molecule has 10 aromatic rings. The molecule has 7 aromatic carbocycles. The summed E-state index contributed by atoms with van der Waals surface area (Å²) in [6.07, 6.45) is 4.08. The molecule has 0 atom stereocenters. The fourth-order valence-electron chi connectivity index (χ4n) is 8.37. The molecule has 53 heavy (non-hydrogen) atoms. The molecule has 0 amide bonds. The number of nitrogens with zero attached hydrogens (tertiary/aromatic N) is 4. The maximum absolute atomic E-state index is 6.55. The number of hydrogen-bond donors (Lipinski definition) is 0. The molecule has 0 fully saturated rings. The lowest BCUT2D eigenvalue weighted by Gasteiger charge is -2.30. The topological polar surface area (TPSA) is 47.1 Å². The average Bonchev–Trinajstić information content (AvgIpc) is 3.77. The number of furan rings is 1. The lowest BCUT2D eigenvalue weighted by atomic mass is 9.95. The number of benzene rings is 7. The Labute approximate surface area is 305 Å². The number of aromatic nitrogens is 3. The van der Waals surface area contributed by atoms with Gasteiger partial charge in [-0.05, 0) is 78.2 Å². The fraction of sp³-hybridized carbons (Fsp3) is 0.0417. The van der Waals surface area contributed by atoms with E-state index in [1.807, 2.05) is 12.1 Å². The number of anilines is 2. The van der Waals surface area contributed by atoms with Crippen LogP contribution in [0.25, 0.3) is 77.8 Å². The van der Waals surface area contributed by atoms with E-state index in [9.17, 15) is 0 Å². The van der Waals surface area contributed by atoms with Gasteiger partial charge in [0, 0.05) is 55.4 Å². The largest absolute Gasteiger partial charge is 0.455 e. The van der Waals surface area contributed by atoms with Crippen molar-refractivity contribution in [3.63, 3.8) is 0 Å². The van der Waals surface area contributed by atoms with E-state index in [2.05, 4.69) is 167 Å². The highest BCUT2D eigenvalue weighted by molar-refractivity contribution is 6.13. The molecule has 5 nitrogen and oxygen atoms in total. The third kappa shape index (κ3) is 4.64. The zero-order valence-electron chi connectivity index (χ0n) is 28.8. The van der Waals surface area contributed by atoms with Crippen LogP contribution in [0, 0.1) is 0 Å². The van der Waals surface area contributed by atoms with E-state index in [0.29, 0.717) is 5.95 Å². The first kappa shape index (κ1) is 29.7. The smallest absolute Gasteiger partial charge is 0.235 e. The highest BCUT2D eigenvalue weighted by Crippen LogP contribution is 2.43. The van der Waals surface area contributed by atoms with E-state index in [1.54, 1.807) is 0 Å². The molecule has 0 saturated carbocycles. The van der Waals surface area contributed by atoms with Gasteiger partial charge in [-0.2, -0.15) is 0 Å². The van der Waals surface area contributed by atoms with E-state index in [-0.39, 0.29) is 0 Å². The second-order valence-corrected chi connectivity index (χ2v) is 13.7. The molecule has 0 saturated heterocycles. The van der Waals surface area contributed by atoms with Gasteiger partial charge < -0.3 is 9.32 Å². The van der Waals surface area contributed by atoms with E-state index in [1.165, 1.54) is 33.1 Å². The van der Waals surface area contributed by atoms with Crippen LogP contribution in [-0.2, 0) is 6.42 Å². The molecular formula is C48H32N4O. The highest BCUT2D eigenvalue weighted by atomic mass is 16.3. The molecule has 5 heteroatoms. The van der Waals surface area contributed by atoms with Gasteiger partial charge in [0.15, 0.2) is 0 Å². The minimum absolute atomic E-state index is 0.660. The van der Waals surface area contributed by atoms with Crippen LogP contribution in [0.5, 0.6) is 0 Å². The van der Waals surface area contributed by atoms with Crippen molar-refractivity contribution >= 4 is 72.0 Å². The fourth-order valence-corrected chi connectivity index (χ4v) is 8.37. The number of hydrogen-bond acceptors (Lipinski definition) is 4. The number of rotatable bonds is 5. The van der Waals surface area contributed by atoms with Crippen LogP contribution < -0.4 is 4.90 Å². The van der Waals surface area contributed by atoms with Crippen molar-refractivity contribution in [3.05, 3.63) is 181 Å². The van der Waals surface area contributed by atoms with Gasteiger partial charge in [-0.25, -0.2) is 9.97 Å². The van der Waals surface area contributed by atoms with Crippen LogP contribution in [0.1, 0.15) is 17.7 Å². The lowest BCUT2D eigenvalue weighted by molar-refractivity contribution is 0.670. The zero-order valence-corrected chi connectivity index (χ0v) is 28.8. The van der Waals surface area contributed by atoms with Crippen molar-refractivity contribution in [2.75, 3.05) is 4.90 Å². The van der Waals surface area contributed by atoms with Crippen molar-refractivity contribution in [2.45, 2.75) is 12.8 Å². The molecule has 1 aliphatic carbocycles. The van der Waals surface area contributed by atoms with Crippen molar-refractivity contribution in [3.8, 4) is 17.2 Å². The first-order valence-corrected chi connectivity index (χ1v) is 18.1. The van der Waals surface area contributed by atoms with Crippen LogP contribution in [-0.4, -0.2) is 14.5 Å². The number of para-hydroxylation sites is 5. The summed E-state index contributed by atoms with van der Waals surface area (Å²) in [7, 11) is 0. The first-order chi connectivity index (χ1) is 26.3. The van der Waals surface area contributed by atoms with Gasteiger partial charge in [0.2, 0.25) is 5.95 Å². The van der Waals surface area contributed by atoms with E-state index in [0.717, 1.165) is 73.8 Å². The summed E-state index contributed by atoms with van der Waals surface area (Å²) in [4.78, 5) is 13.2. The molecule has 11 rings (SSSR count). The molecule has 0 bridgehead atoms. The van der Waals surface area contributed by atoms with Crippen molar-refractivity contribution in [1.29, 1.82) is 0 Å². The van der Waals surface area contributed by atoms with Crippen LogP contribution >= 0.6 is 0 Å². The van der Waals surface area contributed by atoms with Crippen molar-refractivity contribution in [1.82, 2.24) is 14.5 Å². The number of allylic oxidation sites excluding steroid dienone is 1. The van der Waals surface area contributed by atoms with Crippen LogP contribution in [0.2, 0.25) is 0 Å². The van der Waals surface area contributed by atoms with E-state index >= 15 is 0 Å². The lowest BCUT2D eigenvalue weighted by Crippen LogP contribution is -2.19. The summed E-state index contributed by atoms with van der Waals surface area (Å²) in [6.45, 7) is 0. The molecule has 3 aromatic heterocycles. The van der Waals surface area contributed by atoms with Crippen molar-refractivity contribution in [2.24, 2.45) is 0 Å². The summed E-state index contributed by atoms with van der Waals surface area (Å²) < 4.78 is 8.87. The minimum Gasteiger partial charge on any atom is -0.455 e. The molecular weight excluding hydrogens is 649 g/mol. The first-order valence-electron chi connectivity index (χ1n) is 18.1. The summed E-state index contributed by atoms with van der Waals surface area (Å²) in [5.74, 6) is 0.660. The highest BCUT2D eigenvalue weighted by Gasteiger charge is 2.28. The summed E-state index contributed by atoms with van der Waals surface area (Å²) >= 11 is 0. The zero-order chi connectivity index (χ0) is 34.9. The molecule has 0 unspecified atom stereocenters. The Morgan fingerprint density at radius 1 is 0.547 bits per heavy atom. The van der Waals surface area contributed by atoms with Gasteiger partial charge in [-0.3, -0.25) is 4.57 Å². The molecule has 3 heterocycles. The molecule has 0 N–H and O–H groups in total. The summed E-state index contributed by atoms with van der Waals surface area (Å²) in [6, 6.07) is 57.4. The molecule has 0 aliphatic heterocycles. The van der Waals surface area contributed by atoms with Gasteiger partial charge in [-0.15, -0.1) is 0 Å². The van der Waals surface area contributed by atoms with Crippen molar-refractivity contribution < 1.29 is 4.42 Å². The van der Waals surface area contributed by atoms with Gasteiger partial charge in [-0.1, -0.05) is 115 Å².